The number of carbonyl (C=O) groups excluding carboxylic acids is 1. The third-order valence-electron chi connectivity index (χ3n) is 4.58. The lowest BCUT2D eigenvalue weighted by Gasteiger charge is -2.17. The van der Waals surface area contributed by atoms with Crippen LogP contribution in [0.5, 0.6) is 0 Å². The van der Waals surface area contributed by atoms with Crippen LogP contribution in [0.2, 0.25) is 15.1 Å². The van der Waals surface area contributed by atoms with Gasteiger partial charge in [0.25, 0.3) is 5.91 Å². The van der Waals surface area contributed by atoms with Crippen LogP contribution in [0.3, 0.4) is 0 Å². The molecule has 4 nitrogen and oxygen atoms in total. The van der Waals surface area contributed by atoms with Crippen LogP contribution >= 0.6 is 46.6 Å². The van der Waals surface area contributed by atoms with Gasteiger partial charge in [-0.15, -0.1) is 0 Å². The van der Waals surface area contributed by atoms with E-state index >= 15 is 0 Å². The molecule has 0 saturated carbocycles. The zero-order valence-corrected chi connectivity index (χ0v) is 20.4. The van der Waals surface area contributed by atoms with Gasteiger partial charge < -0.3 is 4.42 Å². The van der Waals surface area contributed by atoms with Gasteiger partial charge in [0.2, 0.25) is 0 Å². The Bertz CT molecular complexity index is 1220. The van der Waals surface area contributed by atoms with Crippen molar-refractivity contribution < 1.29 is 9.21 Å². The number of furan rings is 1. The predicted molar refractivity (Wildman–Crippen MR) is 135 cm³/mol. The molecule has 0 bridgehead atoms. The SMILES string of the molecule is CC(C)CN1C(=O)/C(=C/c2ccc(-c3ccc(Cl)cc3Cl)o2)SC1=Nc1ccc(Cl)cc1. The van der Waals surface area contributed by atoms with Crippen molar-refractivity contribution >= 4 is 69.4 Å². The van der Waals surface area contributed by atoms with E-state index < -0.39 is 0 Å². The Morgan fingerprint density at radius 2 is 1.75 bits per heavy atom. The standard InChI is InChI=1S/C24H19Cl3N2O2S/c1-14(2)13-29-23(30)22(32-24(29)28-17-6-3-15(25)4-7-17)12-18-8-10-21(31-18)19-9-5-16(26)11-20(19)27/h3-12,14H,13H2,1-2H3/b22-12-,28-24?. The number of nitrogens with zero attached hydrogens (tertiary/aromatic N) is 2. The molecule has 1 saturated heterocycles. The first kappa shape index (κ1) is 23.0. The van der Waals surface area contributed by atoms with Gasteiger partial charge in [-0.05, 0) is 72.3 Å². The number of aliphatic imine (C=N–C) groups is 1. The van der Waals surface area contributed by atoms with Gasteiger partial charge in [0.1, 0.15) is 11.5 Å². The first-order valence-electron chi connectivity index (χ1n) is 9.91. The Hall–Kier alpha value is -2.18. The maximum atomic E-state index is 13.1. The van der Waals surface area contributed by atoms with Crippen LogP contribution in [-0.2, 0) is 4.79 Å². The lowest BCUT2D eigenvalue weighted by atomic mass is 10.2. The van der Waals surface area contributed by atoms with E-state index in [1.54, 1.807) is 41.3 Å². The number of thioether (sulfide) groups is 1. The quantitative estimate of drug-likeness (QED) is 0.328. The summed E-state index contributed by atoms with van der Waals surface area (Å²) >= 11 is 19.6. The molecule has 3 aromatic rings. The summed E-state index contributed by atoms with van der Waals surface area (Å²) in [4.78, 5) is 20.0. The average molecular weight is 506 g/mol. The predicted octanol–water partition coefficient (Wildman–Crippen LogP) is 8.17. The number of hydrogen-bond donors (Lipinski definition) is 0. The van der Waals surface area contributed by atoms with Crippen LogP contribution in [0.15, 0.2) is 68.9 Å². The van der Waals surface area contributed by atoms with Gasteiger partial charge in [0.05, 0.1) is 15.6 Å². The van der Waals surface area contributed by atoms with E-state index in [-0.39, 0.29) is 11.8 Å². The van der Waals surface area contributed by atoms with Crippen LogP contribution < -0.4 is 0 Å². The van der Waals surface area contributed by atoms with E-state index in [9.17, 15) is 4.79 Å². The number of carbonyl (C=O) groups is 1. The van der Waals surface area contributed by atoms with Gasteiger partial charge in [-0.2, -0.15) is 0 Å². The maximum Gasteiger partial charge on any atom is 0.266 e. The third kappa shape index (κ3) is 5.24. The highest BCUT2D eigenvalue weighted by molar-refractivity contribution is 8.18. The number of rotatable bonds is 5. The summed E-state index contributed by atoms with van der Waals surface area (Å²) in [7, 11) is 0. The maximum absolute atomic E-state index is 13.1. The Morgan fingerprint density at radius 3 is 2.44 bits per heavy atom. The molecule has 0 unspecified atom stereocenters. The molecule has 1 aliphatic heterocycles. The van der Waals surface area contributed by atoms with Crippen molar-refractivity contribution in [1.29, 1.82) is 0 Å². The third-order valence-corrected chi connectivity index (χ3v) is 6.39. The van der Waals surface area contributed by atoms with Gasteiger partial charge in [0.15, 0.2) is 5.17 Å². The van der Waals surface area contributed by atoms with Crippen molar-refractivity contribution in [2.24, 2.45) is 10.9 Å². The molecule has 0 atom stereocenters. The lowest BCUT2D eigenvalue weighted by molar-refractivity contribution is -0.122. The minimum Gasteiger partial charge on any atom is -0.457 e. The topological polar surface area (TPSA) is 45.8 Å². The Labute approximate surface area is 205 Å². The van der Waals surface area contributed by atoms with Crippen molar-refractivity contribution in [2.45, 2.75) is 13.8 Å². The molecule has 0 spiro atoms. The molecule has 0 aliphatic carbocycles. The van der Waals surface area contributed by atoms with Gasteiger partial charge in [-0.25, -0.2) is 4.99 Å². The van der Waals surface area contributed by atoms with E-state index in [1.165, 1.54) is 11.8 Å². The highest BCUT2D eigenvalue weighted by Gasteiger charge is 2.34. The van der Waals surface area contributed by atoms with Crippen molar-refractivity contribution in [3.05, 3.63) is 80.3 Å². The number of amidine groups is 1. The molecular weight excluding hydrogens is 487 g/mol. The molecule has 1 aromatic heterocycles. The van der Waals surface area contributed by atoms with E-state index in [0.717, 1.165) is 11.3 Å². The highest BCUT2D eigenvalue weighted by atomic mass is 35.5. The largest absolute Gasteiger partial charge is 0.457 e. The molecule has 1 aliphatic rings. The minimum atomic E-state index is -0.0983. The van der Waals surface area contributed by atoms with E-state index in [2.05, 4.69) is 18.8 Å². The van der Waals surface area contributed by atoms with Crippen LogP contribution in [-0.4, -0.2) is 22.5 Å². The number of amides is 1. The fraction of sp³-hybridized carbons (Fsp3) is 0.167. The van der Waals surface area contributed by atoms with Gasteiger partial charge in [-0.3, -0.25) is 9.69 Å². The summed E-state index contributed by atoms with van der Waals surface area (Å²) in [6.07, 6.45) is 1.73. The summed E-state index contributed by atoms with van der Waals surface area (Å²) in [5.74, 6) is 1.35. The molecule has 1 fully saturated rings. The summed E-state index contributed by atoms with van der Waals surface area (Å²) in [5, 5.41) is 2.32. The Kier molecular flexibility index (Phi) is 7.01. The Morgan fingerprint density at radius 1 is 1.03 bits per heavy atom. The first-order valence-corrected chi connectivity index (χ1v) is 11.9. The lowest BCUT2D eigenvalue weighted by Crippen LogP contribution is -2.32. The second kappa shape index (κ2) is 9.75. The number of benzene rings is 2. The van der Waals surface area contributed by atoms with Crippen LogP contribution in [0, 0.1) is 5.92 Å². The molecule has 4 rings (SSSR count). The molecule has 164 valence electrons. The zero-order chi connectivity index (χ0) is 22.8. The van der Waals surface area contributed by atoms with E-state index in [1.807, 2.05) is 24.3 Å². The van der Waals surface area contributed by atoms with Crippen LogP contribution in [0.1, 0.15) is 19.6 Å². The number of halogens is 3. The summed E-state index contributed by atoms with van der Waals surface area (Å²) < 4.78 is 5.94. The van der Waals surface area contributed by atoms with Crippen molar-refractivity contribution in [3.63, 3.8) is 0 Å². The molecule has 2 aromatic carbocycles. The van der Waals surface area contributed by atoms with Crippen molar-refractivity contribution in [1.82, 2.24) is 4.90 Å². The van der Waals surface area contributed by atoms with Gasteiger partial charge in [-0.1, -0.05) is 48.7 Å². The molecular formula is C24H19Cl3N2O2S. The van der Waals surface area contributed by atoms with Gasteiger partial charge >= 0.3 is 0 Å². The molecule has 0 N–H and O–H groups in total. The second-order valence-corrected chi connectivity index (χ2v) is 9.91. The highest BCUT2D eigenvalue weighted by Crippen LogP contribution is 2.36. The molecule has 32 heavy (non-hydrogen) atoms. The first-order chi connectivity index (χ1) is 15.3. The summed E-state index contributed by atoms with van der Waals surface area (Å²) in [5.41, 5.74) is 1.47. The van der Waals surface area contributed by atoms with Gasteiger partial charge in [0, 0.05) is 28.2 Å². The normalized spacial score (nSPS) is 16.7. The fourth-order valence-electron chi connectivity index (χ4n) is 3.14. The second-order valence-electron chi connectivity index (χ2n) is 7.62. The average Bonchev–Trinajstić information content (AvgIpc) is 3.30. The zero-order valence-electron chi connectivity index (χ0n) is 17.3. The molecule has 0 radical (unpaired) electrons. The van der Waals surface area contributed by atoms with Crippen molar-refractivity contribution in [2.75, 3.05) is 6.54 Å². The van der Waals surface area contributed by atoms with Crippen molar-refractivity contribution in [3.8, 4) is 11.3 Å². The molecule has 8 heteroatoms. The monoisotopic (exact) mass is 504 g/mol. The van der Waals surface area contributed by atoms with Crippen LogP contribution in [0.4, 0.5) is 5.69 Å². The summed E-state index contributed by atoms with van der Waals surface area (Å²) in [6.45, 7) is 4.70. The smallest absolute Gasteiger partial charge is 0.266 e. The number of hydrogen-bond acceptors (Lipinski definition) is 4. The van der Waals surface area contributed by atoms with E-state index in [4.69, 9.17) is 39.2 Å². The van der Waals surface area contributed by atoms with Crippen LogP contribution in [0.25, 0.3) is 17.4 Å². The minimum absolute atomic E-state index is 0.0983. The van der Waals surface area contributed by atoms with E-state index in [0.29, 0.717) is 43.2 Å². The summed E-state index contributed by atoms with van der Waals surface area (Å²) in [6, 6.07) is 16.0. The molecule has 2 heterocycles. The molecule has 1 amide bonds. The Balaban J connectivity index is 1.64. The fourth-order valence-corrected chi connectivity index (χ4v) is 4.75.